The maximum absolute atomic E-state index is 13.6. The van der Waals surface area contributed by atoms with E-state index in [2.05, 4.69) is 10.3 Å². The van der Waals surface area contributed by atoms with Crippen LogP contribution in [0.1, 0.15) is 22.1 Å². The van der Waals surface area contributed by atoms with E-state index in [4.69, 9.17) is 0 Å². The van der Waals surface area contributed by atoms with Crippen LogP contribution < -0.4 is 10.6 Å². The summed E-state index contributed by atoms with van der Waals surface area (Å²) in [6, 6.07) is 8.96. The van der Waals surface area contributed by atoms with E-state index in [1.165, 1.54) is 54.0 Å². The zero-order chi connectivity index (χ0) is 18.9. The molecule has 1 aromatic heterocycles. The van der Waals surface area contributed by atoms with Crippen LogP contribution in [0.2, 0.25) is 0 Å². The number of benzene rings is 1. The number of carbonyl (C=O) groups excluding carboxylic acids is 2. The minimum atomic E-state index is -5.28. The van der Waals surface area contributed by atoms with E-state index in [9.17, 15) is 27.9 Å². The number of pyridine rings is 1. The molecule has 9 heteroatoms. The molecular formula is C17H14F3N3O3. The van der Waals surface area contributed by atoms with E-state index in [1.807, 2.05) is 0 Å². The molecular weight excluding hydrogens is 351 g/mol. The lowest BCUT2D eigenvalue weighted by atomic mass is 9.78. The first-order valence-electron chi connectivity index (χ1n) is 7.62. The van der Waals surface area contributed by atoms with Crippen LogP contribution in [0.3, 0.4) is 0 Å². The quantitative estimate of drug-likeness (QED) is 0.727. The molecule has 6 nitrogen and oxygen atoms in total. The Kier molecular flexibility index (Phi) is 4.41. The summed E-state index contributed by atoms with van der Waals surface area (Å²) in [5.74, 6) is -3.05. The number of halogens is 3. The highest BCUT2D eigenvalue weighted by molar-refractivity contribution is 6.00. The first-order valence-corrected chi connectivity index (χ1v) is 7.62. The SMILES string of the molecule is O=C1N[C@H](c2ccccn2)[C@@H](C(=O)c2ccccc2)[C@@](O)(C(F)(F)F)N1. The third-order valence-corrected chi connectivity index (χ3v) is 4.15. The van der Waals surface area contributed by atoms with Crippen molar-refractivity contribution in [3.8, 4) is 0 Å². The summed E-state index contributed by atoms with van der Waals surface area (Å²) in [7, 11) is 0. The monoisotopic (exact) mass is 365 g/mol. The molecule has 3 rings (SSSR count). The first kappa shape index (κ1) is 17.9. The van der Waals surface area contributed by atoms with Crippen LogP contribution in [0.4, 0.5) is 18.0 Å². The largest absolute Gasteiger partial charge is 0.437 e. The van der Waals surface area contributed by atoms with Crippen LogP contribution in [0.5, 0.6) is 0 Å². The van der Waals surface area contributed by atoms with E-state index in [-0.39, 0.29) is 11.3 Å². The molecule has 3 atom stereocenters. The van der Waals surface area contributed by atoms with Crippen molar-refractivity contribution in [2.24, 2.45) is 5.92 Å². The van der Waals surface area contributed by atoms with Gasteiger partial charge in [0, 0.05) is 11.8 Å². The molecule has 2 aromatic rings. The molecule has 2 heterocycles. The van der Waals surface area contributed by atoms with Crippen molar-refractivity contribution in [2.45, 2.75) is 17.9 Å². The van der Waals surface area contributed by atoms with Crippen molar-refractivity contribution < 1.29 is 27.9 Å². The van der Waals surface area contributed by atoms with Crippen molar-refractivity contribution in [3.63, 3.8) is 0 Å². The number of nitrogens with one attached hydrogen (secondary N) is 2. The van der Waals surface area contributed by atoms with Crippen molar-refractivity contribution >= 4 is 11.8 Å². The van der Waals surface area contributed by atoms with Crippen molar-refractivity contribution in [2.75, 3.05) is 0 Å². The number of urea groups is 1. The predicted molar refractivity (Wildman–Crippen MR) is 83.9 cm³/mol. The summed E-state index contributed by atoms with van der Waals surface area (Å²) in [4.78, 5) is 28.6. The third kappa shape index (κ3) is 3.01. The molecule has 26 heavy (non-hydrogen) atoms. The van der Waals surface area contributed by atoms with Gasteiger partial charge in [0.2, 0.25) is 5.72 Å². The van der Waals surface area contributed by atoms with Gasteiger partial charge in [0.15, 0.2) is 5.78 Å². The molecule has 2 amide bonds. The van der Waals surface area contributed by atoms with E-state index >= 15 is 0 Å². The lowest BCUT2D eigenvalue weighted by Crippen LogP contribution is -2.72. The minimum absolute atomic E-state index is 0.0271. The van der Waals surface area contributed by atoms with Crippen LogP contribution in [0, 0.1) is 5.92 Å². The summed E-state index contributed by atoms with van der Waals surface area (Å²) in [5, 5.41) is 14.1. The molecule has 3 N–H and O–H groups in total. The van der Waals surface area contributed by atoms with Gasteiger partial charge in [0.1, 0.15) is 5.92 Å². The Morgan fingerprint density at radius 1 is 1.12 bits per heavy atom. The van der Waals surface area contributed by atoms with Crippen molar-refractivity contribution in [1.82, 2.24) is 15.6 Å². The number of ketones is 1. The van der Waals surface area contributed by atoms with E-state index < -0.39 is 35.7 Å². The molecule has 1 aromatic carbocycles. The Morgan fingerprint density at radius 2 is 1.77 bits per heavy atom. The summed E-state index contributed by atoms with van der Waals surface area (Å²) >= 11 is 0. The molecule has 1 aliphatic rings. The highest BCUT2D eigenvalue weighted by Gasteiger charge is 2.66. The molecule has 0 spiro atoms. The van der Waals surface area contributed by atoms with Gasteiger partial charge in [-0.1, -0.05) is 36.4 Å². The fourth-order valence-electron chi connectivity index (χ4n) is 2.93. The molecule has 1 fully saturated rings. The van der Waals surface area contributed by atoms with Crippen molar-refractivity contribution in [3.05, 3.63) is 66.0 Å². The lowest BCUT2D eigenvalue weighted by molar-refractivity contribution is -0.287. The number of carbonyl (C=O) groups is 2. The van der Waals surface area contributed by atoms with Gasteiger partial charge in [0.25, 0.3) is 0 Å². The Balaban J connectivity index is 2.15. The summed E-state index contributed by atoms with van der Waals surface area (Å²) in [6.07, 6.45) is -3.97. The standard InChI is InChI=1S/C17H14F3N3O3/c18-17(19,20)16(26)12(14(24)10-6-2-1-3-7-10)13(22-15(25)23-16)11-8-4-5-9-21-11/h1-9,12-13,26H,(H2,22,23,25)/t12-,13+,16+/m0/s1. The minimum Gasteiger partial charge on any atom is -0.363 e. The van der Waals surface area contributed by atoms with Gasteiger partial charge in [-0.25, -0.2) is 4.79 Å². The number of rotatable bonds is 3. The molecule has 0 unspecified atom stereocenters. The number of Topliss-reactive ketones (excluding diaryl/α,β-unsaturated/α-hetero) is 1. The summed E-state index contributed by atoms with van der Waals surface area (Å²) < 4.78 is 40.9. The molecule has 0 radical (unpaired) electrons. The fourth-order valence-corrected chi connectivity index (χ4v) is 2.93. The summed E-state index contributed by atoms with van der Waals surface area (Å²) in [5.41, 5.74) is -3.75. The molecule has 0 bridgehead atoms. The van der Waals surface area contributed by atoms with Crippen molar-refractivity contribution in [1.29, 1.82) is 0 Å². The smallest absolute Gasteiger partial charge is 0.363 e. The van der Waals surface area contributed by atoms with Gasteiger partial charge in [0.05, 0.1) is 11.7 Å². The van der Waals surface area contributed by atoms with Crippen LogP contribution in [-0.4, -0.2) is 33.8 Å². The zero-order valence-electron chi connectivity index (χ0n) is 13.2. The van der Waals surface area contributed by atoms with Gasteiger partial charge >= 0.3 is 12.2 Å². The average Bonchev–Trinajstić information content (AvgIpc) is 2.61. The fraction of sp³-hybridized carbons (Fsp3) is 0.235. The number of hydrogen-bond acceptors (Lipinski definition) is 4. The average molecular weight is 365 g/mol. The second-order valence-corrected chi connectivity index (χ2v) is 5.80. The van der Waals surface area contributed by atoms with Crippen LogP contribution in [-0.2, 0) is 0 Å². The van der Waals surface area contributed by atoms with Crippen LogP contribution in [0.15, 0.2) is 54.7 Å². The van der Waals surface area contributed by atoms with Gasteiger partial charge < -0.3 is 15.7 Å². The van der Waals surface area contributed by atoms with E-state index in [1.54, 1.807) is 6.07 Å². The predicted octanol–water partition coefficient (Wildman–Crippen LogP) is 2.19. The highest BCUT2D eigenvalue weighted by Crippen LogP contribution is 2.43. The van der Waals surface area contributed by atoms with Gasteiger partial charge in [-0.15, -0.1) is 0 Å². The number of alkyl halides is 3. The Labute approximate surface area is 146 Å². The zero-order valence-corrected chi connectivity index (χ0v) is 13.2. The molecule has 0 saturated carbocycles. The van der Waals surface area contributed by atoms with Crippen LogP contribution >= 0.6 is 0 Å². The number of aromatic nitrogens is 1. The molecule has 1 aliphatic heterocycles. The first-order chi connectivity index (χ1) is 12.2. The van der Waals surface area contributed by atoms with E-state index in [0.29, 0.717) is 0 Å². The second-order valence-electron chi connectivity index (χ2n) is 5.80. The van der Waals surface area contributed by atoms with Crippen LogP contribution in [0.25, 0.3) is 0 Å². The third-order valence-electron chi connectivity index (χ3n) is 4.15. The topological polar surface area (TPSA) is 91.3 Å². The van der Waals surface area contributed by atoms with E-state index in [0.717, 1.165) is 0 Å². The maximum atomic E-state index is 13.6. The van der Waals surface area contributed by atoms with Gasteiger partial charge in [-0.05, 0) is 12.1 Å². The Morgan fingerprint density at radius 3 is 2.35 bits per heavy atom. The van der Waals surface area contributed by atoms with Gasteiger partial charge in [-0.3, -0.25) is 9.78 Å². The molecule has 0 aliphatic carbocycles. The number of aliphatic hydroxyl groups is 1. The lowest BCUT2D eigenvalue weighted by Gasteiger charge is -2.44. The summed E-state index contributed by atoms with van der Waals surface area (Å²) in [6.45, 7) is 0. The number of amides is 2. The number of nitrogens with zero attached hydrogens (tertiary/aromatic N) is 1. The Hall–Kier alpha value is -2.94. The highest BCUT2D eigenvalue weighted by atomic mass is 19.4. The Bertz CT molecular complexity index is 814. The van der Waals surface area contributed by atoms with Gasteiger partial charge in [-0.2, -0.15) is 13.2 Å². The molecule has 136 valence electrons. The normalized spacial score (nSPS) is 25.9. The number of hydrogen-bond donors (Lipinski definition) is 3. The maximum Gasteiger partial charge on any atom is 0.437 e. The second kappa shape index (κ2) is 6.41. The molecule has 1 saturated heterocycles.